The number of nitrogens with zero attached hydrogens (tertiary/aromatic N) is 1. The Morgan fingerprint density at radius 1 is 1.37 bits per heavy atom. The lowest BCUT2D eigenvalue weighted by Gasteiger charge is -2.37. The predicted molar refractivity (Wildman–Crippen MR) is 76.3 cm³/mol. The molecular formula is C16H23NO2. The summed E-state index contributed by atoms with van der Waals surface area (Å²) in [4.78, 5) is 14.5. The van der Waals surface area contributed by atoms with Crippen LogP contribution in [-0.2, 0) is 0 Å². The van der Waals surface area contributed by atoms with Crippen molar-refractivity contribution in [2.24, 2.45) is 0 Å². The number of amides is 1. The third kappa shape index (κ3) is 2.98. The van der Waals surface area contributed by atoms with E-state index in [-0.39, 0.29) is 11.9 Å². The standard InChI is InChI=1S/C16H23NO2/c1-11-7-8-14(12(2)10-11)16(19)17-9-5-4-6-15(17)13(3)18/h7-8,10,13,15,18H,4-6,9H2,1-3H3/t13-,15-/m1/s1. The Bertz CT molecular complexity index is 468. The van der Waals surface area contributed by atoms with Crippen LogP contribution in [0.4, 0.5) is 0 Å². The third-order valence-electron chi connectivity index (χ3n) is 3.98. The van der Waals surface area contributed by atoms with Crippen molar-refractivity contribution in [2.75, 3.05) is 6.54 Å². The number of carbonyl (C=O) groups excluding carboxylic acids is 1. The average molecular weight is 261 g/mol. The summed E-state index contributed by atoms with van der Waals surface area (Å²) >= 11 is 0. The van der Waals surface area contributed by atoms with E-state index in [1.165, 1.54) is 5.56 Å². The molecule has 19 heavy (non-hydrogen) atoms. The minimum atomic E-state index is -0.463. The van der Waals surface area contributed by atoms with Crippen molar-refractivity contribution in [1.82, 2.24) is 4.90 Å². The van der Waals surface area contributed by atoms with Crippen LogP contribution >= 0.6 is 0 Å². The van der Waals surface area contributed by atoms with Crippen molar-refractivity contribution in [3.8, 4) is 0 Å². The minimum Gasteiger partial charge on any atom is -0.391 e. The van der Waals surface area contributed by atoms with Gasteiger partial charge in [0.25, 0.3) is 5.91 Å². The van der Waals surface area contributed by atoms with E-state index in [2.05, 4.69) is 0 Å². The van der Waals surface area contributed by atoms with Crippen molar-refractivity contribution < 1.29 is 9.90 Å². The molecule has 0 radical (unpaired) electrons. The maximum atomic E-state index is 12.7. The summed E-state index contributed by atoms with van der Waals surface area (Å²) in [5, 5.41) is 9.86. The zero-order valence-electron chi connectivity index (χ0n) is 12.0. The number of aryl methyl sites for hydroxylation is 2. The number of rotatable bonds is 2. The van der Waals surface area contributed by atoms with E-state index < -0.39 is 6.10 Å². The third-order valence-corrected chi connectivity index (χ3v) is 3.98. The summed E-state index contributed by atoms with van der Waals surface area (Å²) < 4.78 is 0. The lowest BCUT2D eigenvalue weighted by atomic mass is 9.96. The highest BCUT2D eigenvalue weighted by molar-refractivity contribution is 5.96. The first-order valence-electron chi connectivity index (χ1n) is 7.07. The molecule has 0 spiro atoms. The lowest BCUT2D eigenvalue weighted by molar-refractivity contribution is 0.0280. The molecule has 1 saturated heterocycles. The van der Waals surface area contributed by atoms with Gasteiger partial charge in [-0.15, -0.1) is 0 Å². The topological polar surface area (TPSA) is 40.5 Å². The van der Waals surface area contributed by atoms with E-state index in [4.69, 9.17) is 0 Å². The Hall–Kier alpha value is -1.35. The van der Waals surface area contributed by atoms with E-state index in [0.717, 1.165) is 36.9 Å². The van der Waals surface area contributed by atoms with Gasteiger partial charge in [0.2, 0.25) is 0 Å². The van der Waals surface area contributed by atoms with Crippen LogP contribution < -0.4 is 0 Å². The Morgan fingerprint density at radius 3 is 2.74 bits per heavy atom. The Labute approximate surface area is 115 Å². The fourth-order valence-electron chi connectivity index (χ4n) is 2.92. The molecule has 1 fully saturated rings. The van der Waals surface area contributed by atoms with Crippen LogP contribution in [0.2, 0.25) is 0 Å². The second-order valence-corrected chi connectivity index (χ2v) is 5.62. The second-order valence-electron chi connectivity index (χ2n) is 5.62. The zero-order valence-corrected chi connectivity index (χ0v) is 12.0. The Morgan fingerprint density at radius 2 is 2.11 bits per heavy atom. The summed E-state index contributed by atoms with van der Waals surface area (Å²) in [6.45, 7) is 6.53. The van der Waals surface area contributed by atoms with E-state index >= 15 is 0 Å². The maximum Gasteiger partial charge on any atom is 0.254 e. The molecule has 0 aliphatic carbocycles. The number of piperidine rings is 1. The van der Waals surface area contributed by atoms with Crippen LogP contribution in [0.1, 0.15) is 47.7 Å². The number of aliphatic hydroxyl groups excluding tert-OH is 1. The van der Waals surface area contributed by atoms with Crippen LogP contribution in [0, 0.1) is 13.8 Å². The van der Waals surface area contributed by atoms with E-state index in [1.54, 1.807) is 6.92 Å². The zero-order chi connectivity index (χ0) is 14.0. The van der Waals surface area contributed by atoms with Gasteiger partial charge in [0, 0.05) is 12.1 Å². The highest BCUT2D eigenvalue weighted by Gasteiger charge is 2.30. The van der Waals surface area contributed by atoms with Crippen molar-refractivity contribution in [3.63, 3.8) is 0 Å². The molecule has 1 aromatic rings. The summed E-state index contributed by atoms with van der Waals surface area (Å²) in [7, 11) is 0. The van der Waals surface area contributed by atoms with Crippen LogP contribution in [-0.4, -0.2) is 34.6 Å². The number of benzene rings is 1. The molecule has 1 heterocycles. The summed E-state index contributed by atoms with van der Waals surface area (Å²) in [5.74, 6) is 0.0584. The molecular weight excluding hydrogens is 238 g/mol. The molecule has 1 amide bonds. The van der Waals surface area contributed by atoms with Gasteiger partial charge in [-0.1, -0.05) is 17.7 Å². The first-order chi connectivity index (χ1) is 9.00. The van der Waals surface area contributed by atoms with Crippen molar-refractivity contribution >= 4 is 5.91 Å². The van der Waals surface area contributed by atoms with Gasteiger partial charge in [-0.05, 0) is 51.7 Å². The molecule has 1 N–H and O–H groups in total. The molecule has 3 nitrogen and oxygen atoms in total. The van der Waals surface area contributed by atoms with Gasteiger partial charge in [-0.3, -0.25) is 4.79 Å². The number of hydrogen-bond acceptors (Lipinski definition) is 2. The summed E-state index contributed by atoms with van der Waals surface area (Å²) in [6, 6.07) is 5.87. The number of hydrogen-bond donors (Lipinski definition) is 1. The molecule has 0 unspecified atom stereocenters. The molecule has 0 aromatic heterocycles. The molecule has 104 valence electrons. The van der Waals surface area contributed by atoms with Gasteiger partial charge in [-0.25, -0.2) is 0 Å². The first kappa shape index (κ1) is 14.1. The van der Waals surface area contributed by atoms with Crippen LogP contribution in [0.3, 0.4) is 0 Å². The summed E-state index contributed by atoms with van der Waals surface area (Å²) in [6.07, 6.45) is 2.55. The fourth-order valence-corrected chi connectivity index (χ4v) is 2.92. The monoisotopic (exact) mass is 261 g/mol. The number of carbonyl (C=O) groups is 1. The first-order valence-corrected chi connectivity index (χ1v) is 7.07. The SMILES string of the molecule is Cc1ccc(C(=O)N2CCCC[C@@H]2[C@@H](C)O)c(C)c1. The van der Waals surface area contributed by atoms with Gasteiger partial charge in [-0.2, -0.15) is 0 Å². The predicted octanol–water partition coefficient (Wildman–Crippen LogP) is 2.68. The average Bonchev–Trinajstić information content (AvgIpc) is 2.38. The Kier molecular flexibility index (Phi) is 4.25. The van der Waals surface area contributed by atoms with E-state index in [1.807, 2.05) is 36.9 Å². The second kappa shape index (κ2) is 5.74. The largest absolute Gasteiger partial charge is 0.391 e. The Balaban J connectivity index is 2.26. The van der Waals surface area contributed by atoms with E-state index in [9.17, 15) is 9.90 Å². The molecule has 1 aliphatic rings. The van der Waals surface area contributed by atoms with Crippen molar-refractivity contribution in [1.29, 1.82) is 0 Å². The van der Waals surface area contributed by atoms with Gasteiger partial charge in [0.1, 0.15) is 0 Å². The fraction of sp³-hybridized carbons (Fsp3) is 0.562. The van der Waals surface area contributed by atoms with Crippen LogP contribution in [0.25, 0.3) is 0 Å². The molecule has 0 saturated carbocycles. The number of aliphatic hydroxyl groups is 1. The van der Waals surface area contributed by atoms with Crippen LogP contribution in [0.5, 0.6) is 0 Å². The quantitative estimate of drug-likeness (QED) is 0.889. The van der Waals surface area contributed by atoms with Gasteiger partial charge >= 0.3 is 0 Å². The molecule has 1 aromatic carbocycles. The van der Waals surface area contributed by atoms with Gasteiger partial charge < -0.3 is 10.0 Å². The number of likely N-dealkylation sites (tertiary alicyclic amines) is 1. The molecule has 2 atom stereocenters. The highest BCUT2D eigenvalue weighted by atomic mass is 16.3. The molecule has 3 heteroatoms. The molecule has 1 aliphatic heterocycles. The van der Waals surface area contributed by atoms with Gasteiger partial charge in [0.15, 0.2) is 0 Å². The van der Waals surface area contributed by atoms with E-state index in [0.29, 0.717) is 0 Å². The molecule has 0 bridgehead atoms. The minimum absolute atomic E-state index is 0.0399. The normalized spacial score (nSPS) is 21.3. The highest BCUT2D eigenvalue weighted by Crippen LogP contribution is 2.23. The summed E-state index contributed by atoms with van der Waals surface area (Å²) in [5.41, 5.74) is 2.94. The van der Waals surface area contributed by atoms with Crippen molar-refractivity contribution in [2.45, 2.75) is 52.2 Å². The maximum absolute atomic E-state index is 12.7. The molecule has 2 rings (SSSR count). The van der Waals surface area contributed by atoms with Gasteiger partial charge in [0.05, 0.1) is 12.1 Å². The smallest absolute Gasteiger partial charge is 0.254 e. The van der Waals surface area contributed by atoms with Crippen LogP contribution in [0.15, 0.2) is 18.2 Å². The lowest BCUT2D eigenvalue weighted by Crippen LogP contribution is -2.49. The van der Waals surface area contributed by atoms with Crippen molar-refractivity contribution in [3.05, 3.63) is 34.9 Å².